The van der Waals surface area contributed by atoms with Crippen molar-refractivity contribution in [3.63, 3.8) is 0 Å². The van der Waals surface area contributed by atoms with Crippen LogP contribution in [0.3, 0.4) is 0 Å². The third kappa shape index (κ3) is 5.48. The van der Waals surface area contributed by atoms with Gasteiger partial charge in [0.15, 0.2) is 0 Å². The molecule has 0 amide bonds. The lowest BCUT2D eigenvalue weighted by atomic mass is 10.0. The second-order valence-corrected chi connectivity index (χ2v) is 9.30. The number of methoxy groups -OCH3 is 1. The molecule has 0 unspecified atom stereocenters. The number of halogens is 1. The lowest BCUT2D eigenvalue weighted by Crippen LogP contribution is -2.53. The molecule has 8 nitrogen and oxygen atoms in total. The van der Waals surface area contributed by atoms with E-state index >= 15 is 0 Å². The molecule has 1 aromatic rings. The minimum Gasteiger partial charge on any atom is -0.394 e. The number of benzene rings is 1. The van der Waals surface area contributed by atoms with Crippen LogP contribution in [0.4, 0.5) is 0 Å². The van der Waals surface area contributed by atoms with Crippen molar-refractivity contribution in [1.29, 1.82) is 0 Å². The lowest BCUT2D eigenvalue weighted by Gasteiger charge is -2.34. The zero-order valence-electron chi connectivity index (χ0n) is 16.7. The van der Waals surface area contributed by atoms with Crippen molar-refractivity contribution in [3.8, 4) is 0 Å². The summed E-state index contributed by atoms with van der Waals surface area (Å²) in [6, 6.07) is 6.35. The number of aliphatic hydroxyl groups is 2. The van der Waals surface area contributed by atoms with Crippen molar-refractivity contribution in [2.45, 2.75) is 55.1 Å². The Labute approximate surface area is 178 Å². The Morgan fingerprint density at radius 2 is 1.97 bits per heavy atom. The normalized spacial score (nSPS) is 30.4. The standard InChI is InChI=1S/C19H30N2O6S.ClH/c1-13-5-7-15(8-6-13)28(24,25)20-10-16-18(19(23)17(11-22)27-16)21-9-3-4-14(21)12-26-2;/h5-8,14,16-20,22-23H,3-4,9-12H2,1-2H3;1H/t14-,16-,17+,18+,19-;/m1./s1. The van der Waals surface area contributed by atoms with Gasteiger partial charge in [0.2, 0.25) is 10.0 Å². The highest BCUT2D eigenvalue weighted by Gasteiger charge is 2.49. The Hall–Kier alpha value is -0.780. The highest BCUT2D eigenvalue weighted by Crippen LogP contribution is 2.31. The van der Waals surface area contributed by atoms with Crippen LogP contribution in [0, 0.1) is 6.92 Å². The molecule has 5 atom stereocenters. The van der Waals surface area contributed by atoms with Gasteiger partial charge in [-0.25, -0.2) is 13.1 Å². The van der Waals surface area contributed by atoms with Crippen LogP contribution in [0.2, 0.25) is 0 Å². The number of nitrogens with zero attached hydrogens (tertiary/aromatic N) is 1. The maximum absolute atomic E-state index is 12.6. The molecule has 0 aliphatic carbocycles. The van der Waals surface area contributed by atoms with Crippen molar-refractivity contribution >= 4 is 22.4 Å². The molecule has 0 spiro atoms. The summed E-state index contributed by atoms with van der Waals surface area (Å²) in [7, 11) is -2.05. The molecule has 166 valence electrons. The average Bonchev–Trinajstić information content (AvgIpc) is 3.24. The summed E-state index contributed by atoms with van der Waals surface area (Å²) in [6.07, 6.45) is -0.269. The van der Waals surface area contributed by atoms with Crippen LogP contribution in [0.15, 0.2) is 29.2 Å². The van der Waals surface area contributed by atoms with Crippen LogP contribution in [0.1, 0.15) is 18.4 Å². The van der Waals surface area contributed by atoms with E-state index < -0.39 is 34.4 Å². The summed E-state index contributed by atoms with van der Waals surface area (Å²) in [5.74, 6) is 0. The second kappa shape index (κ2) is 10.5. The summed E-state index contributed by atoms with van der Waals surface area (Å²) >= 11 is 0. The summed E-state index contributed by atoms with van der Waals surface area (Å²) in [4.78, 5) is 2.32. The Morgan fingerprint density at radius 1 is 1.28 bits per heavy atom. The molecule has 0 bridgehead atoms. The fourth-order valence-electron chi connectivity index (χ4n) is 4.17. The first-order valence-corrected chi connectivity index (χ1v) is 11.1. The number of sulfonamides is 1. The number of hydrogen-bond acceptors (Lipinski definition) is 7. The van der Waals surface area contributed by atoms with Gasteiger partial charge in [-0.1, -0.05) is 17.7 Å². The van der Waals surface area contributed by atoms with Crippen LogP contribution in [0.25, 0.3) is 0 Å². The number of rotatable bonds is 8. The van der Waals surface area contributed by atoms with E-state index in [-0.39, 0.29) is 36.5 Å². The van der Waals surface area contributed by atoms with Crippen LogP contribution in [-0.4, -0.2) is 87.3 Å². The number of nitrogens with one attached hydrogen (secondary N) is 1. The minimum atomic E-state index is -3.69. The summed E-state index contributed by atoms with van der Waals surface area (Å²) in [5, 5.41) is 20.2. The Kier molecular flexibility index (Phi) is 8.87. The first-order valence-electron chi connectivity index (χ1n) is 9.62. The van der Waals surface area contributed by atoms with E-state index in [0.29, 0.717) is 6.61 Å². The van der Waals surface area contributed by atoms with Gasteiger partial charge in [-0.2, -0.15) is 0 Å². The maximum atomic E-state index is 12.6. The highest BCUT2D eigenvalue weighted by molar-refractivity contribution is 7.89. The quantitative estimate of drug-likeness (QED) is 0.522. The van der Waals surface area contributed by atoms with E-state index in [4.69, 9.17) is 9.47 Å². The number of ether oxygens (including phenoxy) is 2. The fraction of sp³-hybridized carbons (Fsp3) is 0.684. The number of likely N-dealkylation sites (tertiary alicyclic amines) is 1. The van der Waals surface area contributed by atoms with Crippen LogP contribution < -0.4 is 4.72 Å². The van der Waals surface area contributed by atoms with E-state index in [1.54, 1.807) is 31.4 Å². The largest absolute Gasteiger partial charge is 0.394 e. The molecule has 10 heteroatoms. The zero-order chi connectivity index (χ0) is 20.3. The van der Waals surface area contributed by atoms with Gasteiger partial charge in [0.1, 0.15) is 12.2 Å². The average molecular weight is 451 g/mol. The van der Waals surface area contributed by atoms with Gasteiger partial charge in [0.05, 0.1) is 30.3 Å². The molecule has 0 saturated carbocycles. The van der Waals surface area contributed by atoms with Crippen LogP contribution in [0.5, 0.6) is 0 Å². The molecule has 2 aliphatic heterocycles. The molecule has 2 heterocycles. The van der Waals surface area contributed by atoms with Gasteiger partial charge in [-0.05, 0) is 38.4 Å². The second-order valence-electron chi connectivity index (χ2n) is 7.53. The third-order valence-corrected chi connectivity index (χ3v) is 7.05. The van der Waals surface area contributed by atoms with Gasteiger partial charge in [-0.3, -0.25) is 4.90 Å². The third-order valence-electron chi connectivity index (χ3n) is 5.61. The summed E-state index contributed by atoms with van der Waals surface area (Å²) < 4.78 is 38.9. The number of aryl methyl sites for hydroxylation is 1. The van der Waals surface area contributed by atoms with E-state index in [9.17, 15) is 18.6 Å². The SMILES string of the molecule is COC[C@H]1CCCN1[C@@H]1[C@H](O)[C@H](CO)O[C@@H]1CNS(=O)(=O)c1ccc(C)cc1.Cl. The van der Waals surface area contributed by atoms with Crippen molar-refractivity contribution in [2.24, 2.45) is 0 Å². The highest BCUT2D eigenvalue weighted by atomic mass is 35.5. The van der Waals surface area contributed by atoms with Gasteiger partial charge in [0.25, 0.3) is 0 Å². The Bertz CT molecular complexity index is 748. The van der Waals surface area contributed by atoms with Crippen LogP contribution >= 0.6 is 12.4 Å². The zero-order valence-corrected chi connectivity index (χ0v) is 18.4. The molecule has 0 radical (unpaired) electrons. The smallest absolute Gasteiger partial charge is 0.240 e. The topological polar surface area (TPSA) is 108 Å². The van der Waals surface area contributed by atoms with E-state index in [1.807, 2.05) is 6.92 Å². The predicted octanol–water partition coefficient (Wildman–Crippen LogP) is 0.295. The van der Waals surface area contributed by atoms with Gasteiger partial charge in [0, 0.05) is 19.7 Å². The lowest BCUT2D eigenvalue weighted by molar-refractivity contribution is -0.0201. The van der Waals surface area contributed by atoms with Crippen molar-refractivity contribution < 1.29 is 28.1 Å². The molecular weight excluding hydrogens is 420 g/mol. The first-order chi connectivity index (χ1) is 13.4. The molecule has 2 aliphatic rings. The first kappa shape index (κ1) is 24.5. The van der Waals surface area contributed by atoms with Crippen LogP contribution in [-0.2, 0) is 19.5 Å². The summed E-state index contributed by atoms with van der Waals surface area (Å²) in [5.41, 5.74) is 0.977. The maximum Gasteiger partial charge on any atom is 0.240 e. The number of hydrogen-bond donors (Lipinski definition) is 3. The molecule has 2 fully saturated rings. The molecule has 0 aromatic heterocycles. The molecule has 29 heavy (non-hydrogen) atoms. The van der Waals surface area contributed by atoms with E-state index in [1.165, 1.54) is 0 Å². The minimum absolute atomic E-state index is 0. The monoisotopic (exact) mass is 450 g/mol. The number of aliphatic hydroxyl groups excluding tert-OH is 2. The van der Waals surface area contributed by atoms with Crippen molar-refractivity contribution in [2.75, 3.05) is 33.4 Å². The molecule has 3 N–H and O–H groups in total. The van der Waals surface area contributed by atoms with Gasteiger partial charge >= 0.3 is 0 Å². The van der Waals surface area contributed by atoms with Gasteiger partial charge < -0.3 is 19.7 Å². The Morgan fingerprint density at radius 3 is 2.59 bits per heavy atom. The van der Waals surface area contributed by atoms with Crippen molar-refractivity contribution in [3.05, 3.63) is 29.8 Å². The fourth-order valence-corrected chi connectivity index (χ4v) is 5.21. The van der Waals surface area contributed by atoms with E-state index in [0.717, 1.165) is 24.9 Å². The molecular formula is C19H31ClN2O6S. The Balaban J connectivity index is 0.00000300. The molecule has 2 saturated heterocycles. The van der Waals surface area contributed by atoms with Crippen molar-refractivity contribution in [1.82, 2.24) is 9.62 Å². The van der Waals surface area contributed by atoms with Gasteiger partial charge in [-0.15, -0.1) is 12.4 Å². The molecule has 1 aromatic carbocycles. The van der Waals surface area contributed by atoms with E-state index in [2.05, 4.69) is 9.62 Å². The molecule has 3 rings (SSSR count). The predicted molar refractivity (Wildman–Crippen MR) is 111 cm³/mol. The summed E-state index contributed by atoms with van der Waals surface area (Å²) in [6.45, 7) is 2.91.